The van der Waals surface area contributed by atoms with Gasteiger partial charge < -0.3 is 10.4 Å². The third-order valence-corrected chi connectivity index (χ3v) is 4.87. The zero-order chi connectivity index (χ0) is 12.7. The molecule has 1 aromatic heterocycles. The third-order valence-electron chi connectivity index (χ3n) is 2.65. The van der Waals surface area contributed by atoms with E-state index in [0.29, 0.717) is 0 Å². The Balaban J connectivity index is 2.23. The number of aromatic nitrogens is 1. The van der Waals surface area contributed by atoms with Crippen LogP contribution in [0.25, 0.3) is 0 Å². The molecule has 0 spiro atoms. The van der Waals surface area contributed by atoms with E-state index in [4.69, 9.17) is 0 Å². The molecule has 0 aliphatic carbocycles. The Hall–Kier alpha value is -0.100. The molecular formula is C12H22N2OS2. The van der Waals surface area contributed by atoms with E-state index in [2.05, 4.69) is 29.5 Å². The number of aryl methyl sites for hydroxylation is 1. The van der Waals surface area contributed by atoms with Gasteiger partial charge in [-0.1, -0.05) is 18.7 Å². The molecule has 1 heterocycles. The van der Waals surface area contributed by atoms with Crippen molar-refractivity contribution in [1.29, 1.82) is 0 Å². The molecule has 0 aromatic carbocycles. The fourth-order valence-corrected chi connectivity index (χ4v) is 3.53. The Morgan fingerprint density at radius 3 is 2.88 bits per heavy atom. The van der Waals surface area contributed by atoms with Crippen molar-refractivity contribution >= 4 is 23.1 Å². The minimum absolute atomic E-state index is 0.131. The minimum atomic E-state index is -0.131. The van der Waals surface area contributed by atoms with Crippen LogP contribution in [0, 0.1) is 6.92 Å². The van der Waals surface area contributed by atoms with Crippen LogP contribution < -0.4 is 5.32 Å². The molecule has 0 fully saturated rings. The van der Waals surface area contributed by atoms with Crippen molar-refractivity contribution in [2.45, 2.75) is 43.5 Å². The highest BCUT2D eigenvalue weighted by molar-refractivity contribution is 8.00. The SMILES string of the molecule is CCNC(C)(CO)CCCSc1nc(C)cs1. The molecular weight excluding hydrogens is 252 g/mol. The molecule has 1 rings (SSSR count). The van der Waals surface area contributed by atoms with Crippen LogP contribution in [0.2, 0.25) is 0 Å². The summed E-state index contributed by atoms with van der Waals surface area (Å²) in [5.74, 6) is 1.06. The third kappa shape index (κ3) is 5.38. The molecule has 0 aliphatic rings. The molecule has 0 saturated carbocycles. The molecule has 0 radical (unpaired) electrons. The van der Waals surface area contributed by atoms with Gasteiger partial charge in [-0.2, -0.15) is 0 Å². The summed E-state index contributed by atoms with van der Waals surface area (Å²) in [6, 6.07) is 0. The fourth-order valence-electron chi connectivity index (χ4n) is 1.67. The Morgan fingerprint density at radius 1 is 1.59 bits per heavy atom. The van der Waals surface area contributed by atoms with Crippen LogP contribution in [0.5, 0.6) is 0 Å². The van der Waals surface area contributed by atoms with Gasteiger partial charge in [0.15, 0.2) is 0 Å². The first-order valence-corrected chi connectivity index (χ1v) is 7.87. The van der Waals surface area contributed by atoms with E-state index in [9.17, 15) is 5.11 Å². The molecule has 0 saturated heterocycles. The van der Waals surface area contributed by atoms with Gasteiger partial charge in [0.25, 0.3) is 0 Å². The largest absolute Gasteiger partial charge is 0.394 e. The number of hydrogen-bond donors (Lipinski definition) is 2. The smallest absolute Gasteiger partial charge is 0.150 e. The van der Waals surface area contributed by atoms with Crippen LogP contribution in [-0.2, 0) is 0 Å². The van der Waals surface area contributed by atoms with Crippen molar-refractivity contribution in [2.24, 2.45) is 0 Å². The predicted molar refractivity (Wildman–Crippen MR) is 76.0 cm³/mol. The highest BCUT2D eigenvalue weighted by Gasteiger charge is 2.20. The molecule has 0 aliphatic heterocycles. The lowest BCUT2D eigenvalue weighted by molar-refractivity contribution is 0.167. The molecule has 5 heteroatoms. The average Bonchev–Trinajstić information content (AvgIpc) is 2.71. The Bertz CT molecular complexity index is 330. The maximum absolute atomic E-state index is 9.36. The Labute approximate surface area is 112 Å². The normalized spacial score (nSPS) is 14.8. The first kappa shape index (κ1) is 15.0. The summed E-state index contributed by atoms with van der Waals surface area (Å²) in [6.07, 6.45) is 2.09. The van der Waals surface area contributed by atoms with Gasteiger partial charge in [0.2, 0.25) is 0 Å². The summed E-state index contributed by atoms with van der Waals surface area (Å²) in [7, 11) is 0. The fraction of sp³-hybridized carbons (Fsp3) is 0.750. The molecule has 17 heavy (non-hydrogen) atoms. The van der Waals surface area contributed by atoms with Gasteiger partial charge >= 0.3 is 0 Å². The maximum atomic E-state index is 9.36. The summed E-state index contributed by atoms with van der Waals surface area (Å²) in [5, 5.41) is 14.8. The molecule has 1 aromatic rings. The van der Waals surface area contributed by atoms with Crippen molar-refractivity contribution in [3.05, 3.63) is 11.1 Å². The van der Waals surface area contributed by atoms with E-state index in [0.717, 1.165) is 35.2 Å². The van der Waals surface area contributed by atoms with Crippen LogP contribution in [0.1, 0.15) is 32.4 Å². The van der Waals surface area contributed by atoms with Crippen molar-refractivity contribution in [2.75, 3.05) is 18.9 Å². The van der Waals surface area contributed by atoms with E-state index >= 15 is 0 Å². The quantitative estimate of drug-likeness (QED) is 0.565. The standard InChI is InChI=1S/C12H22N2OS2/c1-4-13-12(3,9-15)6-5-7-16-11-14-10(2)8-17-11/h8,13,15H,4-7,9H2,1-3H3. The second kappa shape index (κ2) is 7.36. The number of rotatable bonds is 8. The molecule has 0 bridgehead atoms. The van der Waals surface area contributed by atoms with Gasteiger partial charge in [-0.25, -0.2) is 4.98 Å². The van der Waals surface area contributed by atoms with Gasteiger partial charge in [0, 0.05) is 22.4 Å². The van der Waals surface area contributed by atoms with Crippen LogP contribution in [0.15, 0.2) is 9.72 Å². The van der Waals surface area contributed by atoms with E-state index in [1.165, 1.54) is 0 Å². The lowest BCUT2D eigenvalue weighted by atomic mass is 9.97. The monoisotopic (exact) mass is 274 g/mol. The zero-order valence-corrected chi connectivity index (χ0v) is 12.5. The Morgan fingerprint density at radius 2 is 2.35 bits per heavy atom. The number of nitrogens with zero attached hydrogens (tertiary/aromatic N) is 1. The predicted octanol–water partition coefficient (Wildman–Crippen LogP) is 2.68. The second-order valence-electron chi connectivity index (χ2n) is 4.46. The summed E-state index contributed by atoms with van der Waals surface area (Å²) >= 11 is 3.52. The van der Waals surface area contributed by atoms with Crippen LogP contribution in [-0.4, -0.2) is 34.5 Å². The topological polar surface area (TPSA) is 45.1 Å². The van der Waals surface area contributed by atoms with E-state index in [-0.39, 0.29) is 12.1 Å². The number of thioether (sulfide) groups is 1. The lowest BCUT2D eigenvalue weighted by Crippen LogP contribution is -2.45. The number of aliphatic hydroxyl groups excluding tert-OH is 1. The van der Waals surface area contributed by atoms with E-state index in [1.54, 1.807) is 11.3 Å². The zero-order valence-electron chi connectivity index (χ0n) is 10.8. The van der Waals surface area contributed by atoms with Crippen LogP contribution >= 0.6 is 23.1 Å². The molecule has 98 valence electrons. The van der Waals surface area contributed by atoms with Gasteiger partial charge in [-0.15, -0.1) is 11.3 Å². The van der Waals surface area contributed by atoms with E-state index in [1.807, 2.05) is 18.7 Å². The van der Waals surface area contributed by atoms with Crippen LogP contribution in [0.3, 0.4) is 0 Å². The van der Waals surface area contributed by atoms with Gasteiger partial charge in [0.1, 0.15) is 4.34 Å². The minimum Gasteiger partial charge on any atom is -0.394 e. The molecule has 3 nitrogen and oxygen atoms in total. The summed E-state index contributed by atoms with van der Waals surface area (Å²) in [4.78, 5) is 4.42. The molecule has 1 atom stereocenters. The molecule has 0 amide bonds. The Kier molecular flexibility index (Phi) is 6.48. The number of nitrogens with one attached hydrogen (secondary N) is 1. The van der Waals surface area contributed by atoms with Gasteiger partial charge in [-0.3, -0.25) is 0 Å². The van der Waals surface area contributed by atoms with Crippen molar-refractivity contribution in [1.82, 2.24) is 10.3 Å². The number of hydrogen-bond acceptors (Lipinski definition) is 5. The molecule has 2 N–H and O–H groups in total. The highest BCUT2D eigenvalue weighted by atomic mass is 32.2. The highest BCUT2D eigenvalue weighted by Crippen LogP contribution is 2.24. The number of aliphatic hydroxyl groups is 1. The van der Waals surface area contributed by atoms with Crippen LogP contribution in [0.4, 0.5) is 0 Å². The molecule has 1 unspecified atom stereocenters. The van der Waals surface area contributed by atoms with Gasteiger partial charge in [-0.05, 0) is 33.2 Å². The van der Waals surface area contributed by atoms with Gasteiger partial charge in [0.05, 0.1) is 6.61 Å². The van der Waals surface area contributed by atoms with Crippen molar-refractivity contribution in [3.63, 3.8) is 0 Å². The maximum Gasteiger partial charge on any atom is 0.150 e. The van der Waals surface area contributed by atoms with Crippen molar-refractivity contribution in [3.8, 4) is 0 Å². The number of likely N-dealkylation sites (N-methyl/N-ethyl adjacent to an activating group) is 1. The first-order chi connectivity index (χ1) is 8.09. The summed E-state index contributed by atoms with van der Waals surface area (Å²) in [5.41, 5.74) is 0.971. The lowest BCUT2D eigenvalue weighted by Gasteiger charge is -2.28. The summed E-state index contributed by atoms with van der Waals surface area (Å²) in [6.45, 7) is 7.27. The number of thiazole rings is 1. The second-order valence-corrected chi connectivity index (χ2v) is 6.66. The first-order valence-electron chi connectivity index (χ1n) is 6.00. The van der Waals surface area contributed by atoms with Crippen molar-refractivity contribution < 1.29 is 5.11 Å². The average molecular weight is 274 g/mol. The van der Waals surface area contributed by atoms with E-state index < -0.39 is 0 Å². The summed E-state index contributed by atoms with van der Waals surface area (Å²) < 4.78 is 1.15.